The van der Waals surface area contributed by atoms with Crippen LogP contribution in [-0.2, 0) is 13.7 Å². The second-order valence-corrected chi connectivity index (χ2v) is 7.13. The van der Waals surface area contributed by atoms with Gasteiger partial charge >= 0.3 is 0 Å². The van der Waals surface area contributed by atoms with Crippen LogP contribution in [0.4, 0.5) is 0 Å². The Hall–Kier alpha value is -2.52. The molecule has 2 atom stereocenters. The number of rotatable bonds is 3. The third kappa shape index (κ3) is 2.31. The molecule has 0 aliphatic heterocycles. The number of aromatic amines is 1. The number of halogens is 1. The molecule has 0 amide bonds. The van der Waals surface area contributed by atoms with Crippen LogP contribution < -0.4 is 0 Å². The van der Waals surface area contributed by atoms with Crippen LogP contribution in [0.15, 0.2) is 12.4 Å². The van der Waals surface area contributed by atoms with Crippen molar-refractivity contribution in [2.75, 3.05) is 0 Å². The van der Waals surface area contributed by atoms with E-state index < -0.39 is 0 Å². The Morgan fingerprint density at radius 1 is 1.38 bits per heavy atom. The molecule has 4 heterocycles. The number of imidazole rings is 1. The summed E-state index contributed by atoms with van der Waals surface area (Å²) in [5.74, 6) is 1.08. The summed E-state index contributed by atoms with van der Waals surface area (Å²) in [6.45, 7) is -0.0807. The van der Waals surface area contributed by atoms with E-state index in [2.05, 4.69) is 34.9 Å². The molecule has 1 aliphatic rings. The molecule has 9 nitrogen and oxygen atoms in total. The number of aryl methyl sites for hydroxylation is 1. The number of fused-ring (bicyclic) bond motifs is 3. The van der Waals surface area contributed by atoms with E-state index in [1.807, 2.05) is 12.4 Å². The zero-order chi connectivity index (χ0) is 17.8. The largest absolute Gasteiger partial charge is 0.390 e. The first kappa shape index (κ1) is 15.7. The predicted octanol–water partition coefficient (Wildman–Crippen LogP) is 2.09. The fourth-order valence-corrected chi connectivity index (χ4v) is 4.14. The van der Waals surface area contributed by atoms with Crippen LogP contribution in [0.2, 0.25) is 5.15 Å². The molecule has 0 bridgehead atoms. The number of nitrogens with one attached hydrogen (secondary N) is 1. The molecule has 2 unspecified atom stereocenters. The fraction of sp³-hybridized carbons (Fsp3) is 0.438. The third-order valence-corrected chi connectivity index (χ3v) is 5.45. The fourth-order valence-electron chi connectivity index (χ4n) is 3.91. The van der Waals surface area contributed by atoms with E-state index in [0.717, 1.165) is 47.2 Å². The minimum absolute atomic E-state index is 0.0807. The van der Waals surface area contributed by atoms with Gasteiger partial charge in [-0.25, -0.2) is 9.97 Å². The number of H-pyrrole nitrogens is 1. The van der Waals surface area contributed by atoms with E-state index in [-0.39, 0.29) is 18.6 Å². The average Bonchev–Trinajstić information content (AvgIpc) is 3.39. The highest BCUT2D eigenvalue weighted by atomic mass is 35.5. The predicted molar refractivity (Wildman–Crippen MR) is 94.7 cm³/mol. The SMILES string of the molecule is Cn1nnc(C2CCC(n3cnc4c5[nH]c(CO)cc5c(Cl)nc43)C2)n1. The maximum Gasteiger partial charge on any atom is 0.177 e. The van der Waals surface area contributed by atoms with Crippen LogP contribution in [-0.4, -0.2) is 44.8 Å². The molecule has 4 aromatic heterocycles. The Bertz CT molecular complexity index is 1110. The van der Waals surface area contributed by atoms with Crippen molar-refractivity contribution in [3.63, 3.8) is 0 Å². The topological polar surface area (TPSA) is 110 Å². The van der Waals surface area contributed by atoms with Gasteiger partial charge in [0, 0.05) is 23.0 Å². The number of aromatic nitrogens is 8. The monoisotopic (exact) mass is 372 g/mol. The summed E-state index contributed by atoms with van der Waals surface area (Å²) in [6, 6.07) is 2.08. The zero-order valence-electron chi connectivity index (χ0n) is 14.1. The molecule has 0 saturated heterocycles. The molecule has 5 rings (SSSR count). The number of aliphatic hydroxyl groups excluding tert-OH is 1. The summed E-state index contributed by atoms with van der Waals surface area (Å²) in [4.78, 5) is 13.8. The highest BCUT2D eigenvalue weighted by molar-refractivity contribution is 6.35. The molecular formula is C16H17ClN8O. The average molecular weight is 373 g/mol. The van der Waals surface area contributed by atoms with E-state index in [1.165, 1.54) is 4.80 Å². The van der Waals surface area contributed by atoms with Gasteiger partial charge in [-0.2, -0.15) is 4.80 Å². The van der Waals surface area contributed by atoms with Crippen molar-refractivity contribution in [1.82, 2.24) is 39.7 Å². The zero-order valence-corrected chi connectivity index (χ0v) is 14.8. The third-order valence-electron chi connectivity index (χ3n) is 5.16. The van der Waals surface area contributed by atoms with Crippen LogP contribution in [0, 0.1) is 0 Å². The molecule has 10 heteroatoms. The molecule has 1 fully saturated rings. The maximum absolute atomic E-state index is 9.38. The van der Waals surface area contributed by atoms with Gasteiger partial charge in [0.2, 0.25) is 0 Å². The summed E-state index contributed by atoms with van der Waals surface area (Å²) in [6.07, 6.45) is 4.74. The molecule has 134 valence electrons. The Morgan fingerprint density at radius 2 is 2.27 bits per heavy atom. The lowest BCUT2D eigenvalue weighted by Crippen LogP contribution is -2.06. The van der Waals surface area contributed by atoms with Crippen molar-refractivity contribution in [3.05, 3.63) is 29.1 Å². The van der Waals surface area contributed by atoms with Crippen LogP contribution in [0.25, 0.3) is 22.1 Å². The Morgan fingerprint density at radius 3 is 3.04 bits per heavy atom. The summed E-state index contributed by atoms with van der Waals surface area (Å²) in [5, 5.41) is 23.0. The molecule has 0 spiro atoms. The summed E-state index contributed by atoms with van der Waals surface area (Å²) < 4.78 is 2.09. The Balaban J connectivity index is 1.54. The first-order valence-corrected chi connectivity index (χ1v) is 8.90. The van der Waals surface area contributed by atoms with E-state index in [4.69, 9.17) is 11.6 Å². The van der Waals surface area contributed by atoms with Gasteiger partial charge in [0.05, 0.1) is 25.5 Å². The number of nitrogens with zero attached hydrogens (tertiary/aromatic N) is 7. The minimum Gasteiger partial charge on any atom is -0.390 e. The van der Waals surface area contributed by atoms with Gasteiger partial charge in [-0.05, 0) is 30.5 Å². The van der Waals surface area contributed by atoms with Crippen molar-refractivity contribution in [1.29, 1.82) is 0 Å². The highest BCUT2D eigenvalue weighted by Crippen LogP contribution is 2.41. The molecule has 26 heavy (non-hydrogen) atoms. The first-order chi connectivity index (χ1) is 12.6. The normalized spacial score (nSPS) is 20.6. The van der Waals surface area contributed by atoms with E-state index in [1.54, 1.807) is 7.05 Å². The van der Waals surface area contributed by atoms with Crippen LogP contribution >= 0.6 is 11.6 Å². The van der Waals surface area contributed by atoms with Crippen molar-refractivity contribution in [2.24, 2.45) is 7.05 Å². The van der Waals surface area contributed by atoms with Gasteiger partial charge < -0.3 is 14.7 Å². The van der Waals surface area contributed by atoms with Crippen molar-refractivity contribution < 1.29 is 5.11 Å². The molecular weight excluding hydrogens is 356 g/mol. The molecule has 1 aliphatic carbocycles. The quantitative estimate of drug-likeness (QED) is 0.533. The van der Waals surface area contributed by atoms with E-state index in [9.17, 15) is 5.11 Å². The van der Waals surface area contributed by atoms with E-state index in [0.29, 0.717) is 10.8 Å². The Kier molecular flexibility index (Phi) is 3.47. The van der Waals surface area contributed by atoms with Crippen molar-refractivity contribution in [3.8, 4) is 0 Å². The lowest BCUT2D eigenvalue weighted by molar-refractivity contribution is 0.278. The molecule has 2 N–H and O–H groups in total. The van der Waals surface area contributed by atoms with Gasteiger partial charge in [0.25, 0.3) is 0 Å². The van der Waals surface area contributed by atoms with Crippen LogP contribution in [0.5, 0.6) is 0 Å². The molecule has 0 radical (unpaired) electrons. The smallest absolute Gasteiger partial charge is 0.177 e. The van der Waals surface area contributed by atoms with Gasteiger partial charge in [-0.1, -0.05) is 11.6 Å². The van der Waals surface area contributed by atoms with Crippen LogP contribution in [0.3, 0.4) is 0 Å². The summed E-state index contributed by atoms with van der Waals surface area (Å²) in [7, 11) is 1.78. The Labute approximate surface area is 153 Å². The van der Waals surface area contributed by atoms with Crippen LogP contribution in [0.1, 0.15) is 42.7 Å². The molecule has 4 aromatic rings. The second-order valence-electron chi connectivity index (χ2n) is 6.77. The molecule has 0 aromatic carbocycles. The number of hydrogen-bond donors (Lipinski definition) is 2. The lowest BCUT2D eigenvalue weighted by Gasteiger charge is -2.12. The summed E-state index contributed by atoms with van der Waals surface area (Å²) in [5.41, 5.74) is 3.03. The number of aliphatic hydroxyl groups is 1. The molecule has 1 saturated carbocycles. The number of pyridine rings is 1. The second kappa shape index (κ2) is 5.75. The standard InChI is InChI=1S/C16H17ClN8O/c1-24-22-15(21-23-24)8-2-3-10(4-8)25-7-18-13-12-11(5-9(6-26)19-12)14(17)20-16(13)25/h5,7-8,10,19,26H,2-4,6H2,1H3. The lowest BCUT2D eigenvalue weighted by atomic mass is 10.1. The number of tetrazole rings is 1. The minimum atomic E-state index is -0.0807. The van der Waals surface area contributed by atoms with Gasteiger partial charge in [-0.15, -0.1) is 10.2 Å². The van der Waals surface area contributed by atoms with Crippen molar-refractivity contribution >= 4 is 33.7 Å². The maximum atomic E-state index is 9.38. The highest BCUT2D eigenvalue weighted by Gasteiger charge is 2.31. The number of hydrogen-bond acceptors (Lipinski definition) is 6. The van der Waals surface area contributed by atoms with Gasteiger partial charge in [0.15, 0.2) is 11.5 Å². The van der Waals surface area contributed by atoms with Crippen molar-refractivity contribution in [2.45, 2.75) is 37.8 Å². The van der Waals surface area contributed by atoms with Gasteiger partial charge in [0.1, 0.15) is 10.7 Å². The first-order valence-electron chi connectivity index (χ1n) is 8.52. The summed E-state index contributed by atoms with van der Waals surface area (Å²) >= 11 is 6.38. The van der Waals surface area contributed by atoms with Gasteiger partial charge in [-0.3, -0.25) is 0 Å². The van der Waals surface area contributed by atoms with E-state index >= 15 is 0 Å².